The molecule has 1 rings (SSSR count). The molecule has 0 spiro atoms. The number of carbonyl (C=O) groups excluding carboxylic acids is 1. The molecule has 1 heterocycles. The van der Waals surface area contributed by atoms with Gasteiger partial charge in [0.15, 0.2) is 5.11 Å². The zero-order chi connectivity index (χ0) is 10.0. The van der Waals surface area contributed by atoms with E-state index in [1.54, 1.807) is 0 Å². The Hall–Kier alpha value is -0.700. The van der Waals surface area contributed by atoms with Crippen molar-refractivity contribution >= 4 is 51.8 Å². The molecule has 1 aliphatic heterocycles. The van der Waals surface area contributed by atoms with Crippen LogP contribution in [0, 0.1) is 0 Å². The summed E-state index contributed by atoms with van der Waals surface area (Å²) in [5.41, 5.74) is 0.312. The Labute approximate surface area is 92.9 Å². The Kier molecular flexibility index (Phi) is 3.20. The molecule has 0 unspecified atom stereocenters. The predicted octanol–water partition coefficient (Wildman–Crippen LogP) is 0.0641. The smallest absolute Gasteiger partial charge is 0.323 e. The average molecular weight is 312 g/mol. The van der Waals surface area contributed by atoms with Gasteiger partial charge >= 0.3 is 5.97 Å². The van der Waals surface area contributed by atoms with Crippen LogP contribution in [0.25, 0.3) is 0 Å². The fourth-order valence-corrected chi connectivity index (χ4v) is 1.51. The normalized spacial score (nSPS) is 19.5. The molecule has 0 saturated carbocycles. The van der Waals surface area contributed by atoms with Gasteiger partial charge in [0, 0.05) is 4.08 Å². The molecule has 2 N–H and O–H groups in total. The van der Waals surface area contributed by atoms with Gasteiger partial charge in [-0.15, -0.1) is 0 Å². The van der Waals surface area contributed by atoms with E-state index in [0.29, 0.717) is 5.70 Å². The lowest BCUT2D eigenvalue weighted by Gasteiger charge is -2.09. The Morgan fingerprint density at radius 3 is 2.77 bits per heavy atom. The summed E-state index contributed by atoms with van der Waals surface area (Å²) in [6, 6.07) is 0. The van der Waals surface area contributed by atoms with Crippen LogP contribution in [0.3, 0.4) is 0 Å². The number of hydrogen-bond donors (Lipinski definition) is 2. The summed E-state index contributed by atoms with van der Waals surface area (Å²) in [6.45, 7) is -0.404. The first-order chi connectivity index (χ1) is 6.06. The van der Waals surface area contributed by atoms with Gasteiger partial charge in [-0.05, 0) is 12.2 Å². The number of hydrogen-bond acceptors (Lipinski definition) is 3. The van der Waals surface area contributed by atoms with Gasteiger partial charge < -0.3 is 10.4 Å². The van der Waals surface area contributed by atoms with Gasteiger partial charge in [0.2, 0.25) is 0 Å². The second kappa shape index (κ2) is 4.01. The minimum atomic E-state index is -1.09. The molecule has 13 heavy (non-hydrogen) atoms. The summed E-state index contributed by atoms with van der Waals surface area (Å²) in [4.78, 5) is 22.7. The summed E-state index contributed by atoms with van der Waals surface area (Å²) in [5, 5.41) is 11.2. The lowest BCUT2D eigenvalue weighted by atomic mass is 10.4. The van der Waals surface area contributed by atoms with Crippen molar-refractivity contribution in [2.24, 2.45) is 0 Å². The van der Waals surface area contributed by atoms with Crippen LogP contribution >= 0.6 is 34.8 Å². The van der Waals surface area contributed by atoms with Crippen LogP contribution in [0.15, 0.2) is 9.78 Å². The number of aliphatic carboxylic acids is 1. The second-order valence-corrected chi connectivity index (χ2v) is 3.25. The van der Waals surface area contributed by atoms with Crippen molar-refractivity contribution in [1.29, 1.82) is 0 Å². The van der Waals surface area contributed by atoms with Gasteiger partial charge in [-0.1, -0.05) is 22.6 Å². The maximum absolute atomic E-state index is 11.3. The molecular weight excluding hydrogens is 307 g/mol. The first-order valence-corrected chi connectivity index (χ1v) is 4.86. The highest BCUT2D eigenvalue weighted by Gasteiger charge is 2.31. The molecule has 1 amide bonds. The van der Waals surface area contributed by atoms with Gasteiger partial charge in [-0.3, -0.25) is 14.5 Å². The molecular formula is C6H5IN2O3S. The fourth-order valence-electron chi connectivity index (χ4n) is 0.827. The number of thiocarbonyl (C=S) groups is 1. The molecule has 0 aromatic carbocycles. The molecule has 0 aliphatic carbocycles. The van der Waals surface area contributed by atoms with Crippen molar-refractivity contribution in [1.82, 2.24) is 10.2 Å². The lowest BCUT2D eigenvalue weighted by Crippen LogP contribution is -2.35. The number of carboxylic acid groups (broad SMARTS) is 1. The molecule has 70 valence electrons. The van der Waals surface area contributed by atoms with E-state index in [0.717, 1.165) is 4.90 Å². The van der Waals surface area contributed by atoms with Crippen molar-refractivity contribution in [3.05, 3.63) is 9.78 Å². The zero-order valence-corrected chi connectivity index (χ0v) is 9.26. The monoisotopic (exact) mass is 312 g/mol. The summed E-state index contributed by atoms with van der Waals surface area (Å²) >= 11 is 6.65. The molecule has 0 atom stereocenters. The van der Waals surface area contributed by atoms with Crippen molar-refractivity contribution in [2.45, 2.75) is 0 Å². The Balaban J connectivity index is 2.82. The Bertz CT molecular complexity index is 315. The predicted molar refractivity (Wildman–Crippen MR) is 57.2 cm³/mol. The third-order valence-corrected chi connectivity index (χ3v) is 2.31. The van der Waals surface area contributed by atoms with E-state index in [1.165, 1.54) is 4.08 Å². The largest absolute Gasteiger partial charge is 0.480 e. The van der Waals surface area contributed by atoms with Crippen LogP contribution < -0.4 is 5.32 Å². The highest BCUT2D eigenvalue weighted by molar-refractivity contribution is 14.1. The van der Waals surface area contributed by atoms with Crippen molar-refractivity contribution in [2.75, 3.05) is 6.54 Å². The zero-order valence-electron chi connectivity index (χ0n) is 6.28. The Morgan fingerprint density at radius 2 is 2.38 bits per heavy atom. The molecule has 1 saturated heterocycles. The van der Waals surface area contributed by atoms with E-state index in [9.17, 15) is 9.59 Å². The third kappa shape index (κ3) is 2.15. The number of carbonyl (C=O) groups is 2. The van der Waals surface area contributed by atoms with Crippen LogP contribution in [0.2, 0.25) is 0 Å². The summed E-state index contributed by atoms with van der Waals surface area (Å²) < 4.78 is 1.52. The molecule has 1 fully saturated rings. The van der Waals surface area contributed by atoms with Crippen LogP contribution in [-0.4, -0.2) is 33.5 Å². The van der Waals surface area contributed by atoms with Gasteiger partial charge in [0.25, 0.3) is 5.91 Å². The average Bonchev–Trinajstić information content (AvgIpc) is 2.31. The number of amides is 1. The van der Waals surface area contributed by atoms with Crippen LogP contribution in [0.5, 0.6) is 0 Å². The van der Waals surface area contributed by atoms with Crippen molar-refractivity contribution in [3.8, 4) is 0 Å². The number of nitrogens with zero attached hydrogens (tertiary/aromatic N) is 1. The highest BCUT2D eigenvalue weighted by Crippen LogP contribution is 2.10. The number of nitrogens with one attached hydrogen (secondary N) is 1. The van der Waals surface area contributed by atoms with Crippen molar-refractivity contribution < 1.29 is 14.7 Å². The van der Waals surface area contributed by atoms with E-state index >= 15 is 0 Å². The van der Waals surface area contributed by atoms with E-state index in [-0.39, 0.29) is 5.11 Å². The lowest BCUT2D eigenvalue weighted by molar-refractivity contribution is -0.140. The summed E-state index contributed by atoms with van der Waals surface area (Å²) in [6.07, 6.45) is 0. The van der Waals surface area contributed by atoms with E-state index in [4.69, 9.17) is 17.3 Å². The van der Waals surface area contributed by atoms with Crippen molar-refractivity contribution in [3.63, 3.8) is 0 Å². The van der Waals surface area contributed by atoms with E-state index in [1.807, 2.05) is 22.6 Å². The maximum atomic E-state index is 11.3. The quantitative estimate of drug-likeness (QED) is 0.429. The third-order valence-electron chi connectivity index (χ3n) is 1.36. The first-order valence-electron chi connectivity index (χ1n) is 3.21. The molecule has 0 bridgehead atoms. The highest BCUT2D eigenvalue weighted by atomic mass is 127. The van der Waals surface area contributed by atoms with Gasteiger partial charge in [-0.25, -0.2) is 0 Å². The molecule has 0 radical (unpaired) electrons. The van der Waals surface area contributed by atoms with Gasteiger partial charge in [0.05, 0.1) is 0 Å². The maximum Gasteiger partial charge on any atom is 0.323 e. The number of rotatable bonds is 2. The number of halogens is 1. The molecule has 1 aliphatic rings. The second-order valence-electron chi connectivity index (χ2n) is 2.24. The first kappa shape index (κ1) is 10.4. The minimum Gasteiger partial charge on any atom is -0.480 e. The minimum absolute atomic E-state index is 0.135. The Morgan fingerprint density at radius 1 is 1.77 bits per heavy atom. The fraction of sp³-hybridized carbons (Fsp3) is 0.167. The molecule has 0 aromatic heterocycles. The summed E-state index contributed by atoms with van der Waals surface area (Å²) in [5.74, 6) is -1.49. The molecule has 5 nitrogen and oxygen atoms in total. The van der Waals surface area contributed by atoms with E-state index < -0.39 is 18.4 Å². The van der Waals surface area contributed by atoms with Crippen LogP contribution in [0.1, 0.15) is 0 Å². The number of carboxylic acids is 1. The van der Waals surface area contributed by atoms with Gasteiger partial charge in [0.1, 0.15) is 12.2 Å². The van der Waals surface area contributed by atoms with E-state index in [2.05, 4.69) is 5.32 Å². The van der Waals surface area contributed by atoms with Crippen LogP contribution in [-0.2, 0) is 9.59 Å². The SMILES string of the molecule is O=C(O)CN1C(=O)/C(=C\I)NC1=S. The summed E-state index contributed by atoms with van der Waals surface area (Å²) in [7, 11) is 0. The molecule has 0 aromatic rings. The standard InChI is InChI=1S/C6H5IN2O3S/c7-1-3-5(12)9(2-4(10)11)6(13)8-3/h1H,2H2,(H,8,13)(H,10,11)/b3-1+. The topological polar surface area (TPSA) is 69.6 Å². The van der Waals surface area contributed by atoms with Crippen LogP contribution in [0.4, 0.5) is 0 Å². The van der Waals surface area contributed by atoms with Gasteiger partial charge in [-0.2, -0.15) is 0 Å². The molecule has 7 heteroatoms.